The maximum atomic E-state index is 11.0. The Bertz CT molecular complexity index is 150. The van der Waals surface area contributed by atoms with E-state index in [-0.39, 0.29) is 11.9 Å². The molecule has 1 N–H and O–H groups in total. The van der Waals surface area contributed by atoms with Crippen molar-refractivity contribution in [2.45, 2.75) is 20.3 Å². The molecule has 0 spiro atoms. The summed E-state index contributed by atoms with van der Waals surface area (Å²) in [5.41, 5.74) is 0. The van der Waals surface area contributed by atoms with Crippen molar-refractivity contribution in [1.82, 2.24) is 5.32 Å². The second kappa shape index (κ2) is 8.97. The lowest BCUT2D eigenvalue weighted by atomic mass is 10.2. The normalized spacial score (nSPS) is 12.5. The summed E-state index contributed by atoms with van der Waals surface area (Å²) in [6, 6.07) is 0. The van der Waals surface area contributed by atoms with Crippen molar-refractivity contribution < 1.29 is 14.3 Å². The van der Waals surface area contributed by atoms with Crippen molar-refractivity contribution in [3.63, 3.8) is 0 Å². The van der Waals surface area contributed by atoms with Crippen LogP contribution in [0.25, 0.3) is 0 Å². The second-order valence-electron chi connectivity index (χ2n) is 3.18. The van der Waals surface area contributed by atoms with E-state index in [0.717, 1.165) is 26.2 Å². The van der Waals surface area contributed by atoms with Crippen molar-refractivity contribution in [1.29, 1.82) is 0 Å². The molecule has 1 atom stereocenters. The Hall–Kier alpha value is -0.610. The van der Waals surface area contributed by atoms with E-state index >= 15 is 0 Å². The van der Waals surface area contributed by atoms with Crippen LogP contribution >= 0.6 is 0 Å². The lowest BCUT2D eigenvalue weighted by Gasteiger charge is -2.10. The average molecular weight is 203 g/mol. The highest BCUT2D eigenvalue weighted by atomic mass is 16.5. The molecule has 0 aliphatic rings. The van der Waals surface area contributed by atoms with Crippen LogP contribution in [0.5, 0.6) is 0 Å². The van der Waals surface area contributed by atoms with Gasteiger partial charge in [-0.05, 0) is 19.9 Å². The van der Waals surface area contributed by atoms with Gasteiger partial charge in [0, 0.05) is 19.8 Å². The Morgan fingerprint density at radius 3 is 2.79 bits per heavy atom. The fraction of sp³-hybridized carbons (Fsp3) is 0.900. The van der Waals surface area contributed by atoms with Gasteiger partial charge in [0.25, 0.3) is 0 Å². The predicted octanol–water partition coefficient (Wildman–Crippen LogP) is 0.812. The number of rotatable bonds is 8. The number of nitrogens with one attached hydrogen (secondary N) is 1. The minimum absolute atomic E-state index is 0.0768. The van der Waals surface area contributed by atoms with Gasteiger partial charge in [0.2, 0.25) is 0 Å². The van der Waals surface area contributed by atoms with Crippen LogP contribution < -0.4 is 5.32 Å². The Morgan fingerprint density at radius 1 is 1.50 bits per heavy atom. The van der Waals surface area contributed by atoms with E-state index in [1.807, 2.05) is 13.8 Å². The molecule has 4 heteroatoms. The van der Waals surface area contributed by atoms with E-state index in [0.29, 0.717) is 6.54 Å². The largest absolute Gasteiger partial charge is 0.469 e. The van der Waals surface area contributed by atoms with E-state index in [9.17, 15) is 4.79 Å². The first-order valence-corrected chi connectivity index (χ1v) is 5.08. The van der Waals surface area contributed by atoms with Crippen LogP contribution in [0.2, 0.25) is 0 Å². The Labute approximate surface area is 86.0 Å². The fourth-order valence-electron chi connectivity index (χ4n) is 1.05. The van der Waals surface area contributed by atoms with Gasteiger partial charge in [-0.15, -0.1) is 0 Å². The van der Waals surface area contributed by atoms with Gasteiger partial charge in [-0.25, -0.2) is 0 Å². The summed E-state index contributed by atoms with van der Waals surface area (Å²) in [4.78, 5) is 11.0. The SMILES string of the molecule is CCOCCCNCC(C)C(=O)OC. The molecule has 0 radical (unpaired) electrons. The second-order valence-corrected chi connectivity index (χ2v) is 3.18. The van der Waals surface area contributed by atoms with Crippen LogP contribution in [-0.2, 0) is 14.3 Å². The zero-order chi connectivity index (χ0) is 10.8. The van der Waals surface area contributed by atoms with E-state index in [1.165, 1.54) is 7.11 Å². The van der Waals surface area contributed by atoms with Crippen molar-refractivity contribution in [3.8, 4) is 0 Å². The van der Waals surface area contributed by atoms with Gasteiger partial charge < -0.3 is 14.8 Å². The van der Waals surface area contributed by atoms with E-state index < -0.39 is 0 Å². The fourth-order valence-corrected chi connectivity index (χ4v) is 1.05. The highest BCUT2D eigenvalue weighted by Gasteiger charge is 2.11. The van der Waals surface area contributed by atoms with E-state index in [4.69, 9.17) is 4.74 Å². The third kappa shape index (κ3) is 6.86. The summed E-state index contributed by atoms with van der Waals surface area (Å²) in [5.74, 6) is -0.241. The molecule has 0 saturated carbocycles. The standard InChI is InChI=1S/C10H21NO3/c1-4-14-7-5-6-11-8-9(2)10(12)13-3/h9,11H,4-8H2,1-3H3. The summed E-state index contributed by atoms with van der Waals surface area (Å²) < 4.78 is 9.78. The number of carbonyl (C=O) groups is 1. The average Bonchev–Trinajstić information content (AvgIpc) is 2.21. The summed E-state index contributed by atoms with van der Waals surface area (Å²) in [7, 11) is 1.41. The molecular formula is C10H21NO3. The highest BCUT2D eigenvalue weighted by Crippen LogP contribution is 1.94. The number of hydrogen-bond acceptors (Lipinski definition) is 4. The molecule has 4 nitrogen and oxygen atoms in total. The minimum Gasteiger partial charge on any atom is -0.469 e. The number of carbonyl (C=O) groups excluding carboxylic acids is 1. The van der Waals surface area contributed by atoms with Crippen LogP contribution in [0, 0.1) is 5.92 Å². The van der Waals surface area contributed by atoms with Gasteiger partial charge >= 0.3 is 5.97 Å². The molecule has 0 fully saturated rings. The molecular weight excluding hydrogens is 182 g/mol. The predicted molar refractivity (Wildman–Crippen MR) is 55.2 cm³/mol. The van der Waals surface area contributed by atoms with Crippen LogP contribution in [-0.4, -0.2) is 39.4 Å². The molecule has 0 aromatic carbocycles. The summed E-state index contributed by atoms with van der Waals surface area (Å²) in [5, 5.41) is 3.18. The van der Waals surface area contributed by atoms with Crippen LogP contribution in [0.4, 0.5) is 0 Å². The van der Waals surface area contributed by atoms with Crippen molar-refractivity contribution in [2.75, 3.05) is 33.4 Å². The lowest BCUT2D eigenvalue weighted by molar-refractivity contribution is -0.144. The van der Waals surface area contributed by atoms with Gasteiger partial charge in [0.1, 0.15) is 0 Å². The van der Waals surface area contributed by atoms with E-state index in [2.05, 4.69) is 10.1 Å². The molecule has 0 rings (SSSR count). The summed E-state index contributed by atoms with van der Waals surface area (Å²) >= 11 is 0. The van der Waals surface area contributed by atoms with Gasteiger partial charge in [-0.1, -0.05) is 6.92 Å². The molecule has 84 valence electrons. The van der Waals surface area contributed by atoms with Gasteiger partial charge in [0.05, 0.1) is 13.0 Å². The maximum Gasteiger partial charge on any atom is 0.309 e. The van der Waals surface area contributed by atoms with Gasteiger partial charge in [-0.2, -0.15) is 0 Å². The molecule has 0 bridgehead atoms. The third-order valence-electron chi connectivity index (χ3n) is 1.90. The lowest BCUT2D eigenvalue weighted by Crippen LogP contribution is -2.28. The van der Waals surface area contributed by atoms with Gasteiger partial charge in [0.15, 0.2) is 0 Å². The quantitative estimate of drug-likeness (QED) is 0.468. The Morgan fingerprint density at radius 2 is 2.21 bits per heavy atom. The van der Waals surface area contributed by atoms with Gasteiger partial charge in [-0.3, -0.25) is 4.79 Å². The van der Waals surface area contributed by atoms with Crippen molar-refractivity contribution in [2.24, 2.45) is 5.92 Å². The molecule has 0 aromatic rings. The summed E-state index contributed by atoms with van der Waals surface area (Å²) in [6.45, 7) is 6.91. The summed E-state index contributed by atoms with van der Waals surface area (Å²) in [6.07, 6.45) is 0.974. The monoisotopic (exact) mass is 203 g/mol. The van der Waals surface area contributed by atoms with Crippen molar-refractivity contribution in [3.05, 3.63) is 0 Å². The molecule has 0 amide bonds. The zero-order valence-corrected chi connectivity index (χ0v) is 9.34. The number of esters is 1. The zero-order valence-electron chi connectivity index (χ0n) is 9.34. The topological polar surface area (TPSA) is 47.6 Å². The molecule has 0 saturated heterocycles. The molecule has 1 unspecified atom stereocenters. The molecule has 0 aromatic heterocycles. The minimum atomic E-state index is -0.165. The first kappa shape index (κ1) is 13.4. The van der Waals surface area contributed by atoms with E-state index in [1.54, 1.807) is 0 Å². The van der Waals surface area contributed by atoms with Crippen LogP contribution in [0.15, 0.2) is 0 Å². The van der Waals surface area contributed by atoms with Crippen LogP contribution in [0.1, 0.15) is 20.3 Å². The van der Waals surface area contributed by atoms with Crippen molar-refractivity contribution >= 4 is 5.97 Å². The highest BCUT2D eigenvalue weighted by molar-refractivity contribution is 5.71. The van der Waals surface area contributed by atoms with Crippen LogP contribution in [0.3, 0.4) is 0 Å². The number of methoxy groups -OCH3 is 1. The Balaban J connectivity index is 3.23. The Kier molecular flexibility index (Phi) is 8.57. The third-order valence-corrected chi connectivity index (χ3v) is 1.90. The maximum absolute atomic E-state index is 11.0. The smallest absolute Gasteiger partial charge is 0.309 e. The molecule has 0 aliphatic heterocycles. The first-order valence-electron chi connectivity index (χ1n) is 5.08. The number of ether oxygens (including phenoxy) is 2. The number of hydrogen-bond donors (Lipinski definition) is 1. The molecule has 0 aliphatic carbocycles. The molecule has 14 heavy (non-hydrogen) atoms. The molecule has 0 heterocycles. The first-order chi connectivity index (χ1) is 6.72.